The summed E-state index contributed by atoms with van der Waals surface area (Å²) in [7, 11) is 0. The first-order valence-corrected chi connectivity index (χ1v) is 5.70. The molecule has 15 heavy (non-hydrogen) atoms. The molecule has 1 heterocycles. The average molecular weight is 201 g/mol. The van der Waals surface area contributed by atoms with Crippen LogP contribution in [0.4, 0.5) is 0 Å². The van der Waals surface area contributed by atoms with E-state index in [1.54, 1.807) is 0 Å². The van der Waals surface area contributed by atoms with Crippen LogP contribution in [0, 0.1) is 0 Å². The highest BCUT2D eigenvalue weighted by molar-refractivity contribution is 5.85. The third-order valence-electron chi connectivity index (χ3n) is 3.67. The van der Waals surface area contributed by atoms with E-state index in [-0.39, 0.29) is 11.4 Å². The van der Waals surface area contributed by atoms with Crippen LogP contribution in [0.15, 0.2) is 24.3 Å². The third-order valence-corrected chi connectivity index (χ3v) is 3.67. The van der Waals surface area contributed by atoms with E-state index in [1.165, 1.54) is 24.0 Å². The van der Waals surface area contributed by atoms with Crippen LogP contribution in [-0.2, 0) is 16.8 Å². The maximum Gasteiger partial charge on any atom is 0.223 e. The lowest BCUT2D eigenvalue weighted by Gasteiger charge is -2.43. The molecule has 78 valence electrons. The molecule has 1 atom stereocenters. The van der Waals surface area contributed by atoms with E-state index in [0.29, 0.717) is 6.42 Å². The summed E-state index contributed by atoms with van der Waals surface area (Å²) in [6, 6.07) is 8.56. The van der Waals surface area contributed by atoms with Crippen molar-refractivity contribution in [2.75, 3.05) is 0 Å². The number of aryl methyl sites for hydroxylation is 1. The second-order valence-electron chi connectivity index (χ2n) is 4.67. The number of β-lactam (4-membered cyclic amide) rings is 1. The fourth-order valence-corrected chi connectivity index (χ4v) is 2.92. The Labute approximate surface area is 89.7 Å². The number of nitrogens with one attached hydrogen (secondary N) is 1. The zero-order valence-electron chi connectivity index (χ0n) is 8.75. The predicted octanol–water partition coefficient (Wildman–Crippen LogP) is 2.13. The fraction of sp³-hybridized carbons (Fsp3) is 0.462. The molecule has 1 spiro atoms. The first-order valence-electron chi connectivity index (χ1n) is 5.70. The summed E-state index contributed by atoms with van der Waals surface area (Å²) in [5.74, 6) is 0.201. The molecule has 0 bridgehead atoms. The van der Waals surface area contributed by atoms with Gasteiger partial charge in [0.15, 0.2) is 0 Å². The molecule has 2 heteroatoms. The van der Waals surface area contributed by atoms with Gasteiger partial charge in [-0.15, -0.1) is 0 Å². The highest BCUT2D eigenvalue weighted by Crippen LogP contribution is 2.41. The Balaban J connectivity index is 2.07. The van der Waals surface area contributed by atoms with Gasteiger partial charge in [-0.2, -0.15) is 0 Å². The van der Waals surface area contributed by atoms with E-state index < -0.39 is 0 Å². The normalized spacial score (nSPS) is 28.9. The molecule has 1 aromatic carbocycles. The van der Waals surface area contributed by atoms with E-state index in [2.05, 4.69) is 29.6 Å². The number of carbonyl (C=O) groups excluding carboxylic acids is 1. The quantitative estimate of drug-likeness (QED) is 0.640. The molecule has 1 aromatic rings. The molecule has 2 aliphatic rings. The molecule has 0 aromatic heterocycles. The topological polar surface area (TPSA) is 29.1 Å². The number of benzene rings is 1. The van der Waals surface area contributed by atoms with Crippen LogP contribution in [0.1, 0.15) is 36.8 Å². The Bertz CT molecular complexity index is 403. The van der Waals surface area contributed by atoms with Gasteiger partial charge in [0.1, 0.15) is 0 Å². The SMILES string of the molecule is O=C1CC2(CCCCc3ccccc32)N1. The molecule has 1 fully saturated rings. The van der Waals surface area contributed by atoms with E-state index in [9.17, 15) is 4.79 Å². The number of amides is 1. The summed E-state index contributed by atoms with van der Waals surface area (Å²) in [6.07, 6.45) is 5.41. The smallest absolute Gasteiger partial charge is 0.223 e. The number of hydrogen-bond donors (Lipinski definition) is 1. The Hall–Kier alpha value is -1.31. The molecule has 3 rings (SSSR count). The zero-order valence-corrected chi connectivity index (χ0v) is 8.75. The van der Waals surface area contributed by atoms with Crippen LogP contribution in [-0.4, -0.2) is 5.91 Å². The van der Waals surface area contributed by atoms with Crippen LogP contribution < -0.4 is 5.32 Å². The van der Waals surface area contributed by atoms with Gasteiger partial charge in [-0.3, -0.25) is 4.79 Å². The van der Waals surface area contributed by atoms with Gasteiger partial charge in [-0.05, 0) is 30.4 Å². The summed E-state index contributed by atoms with van der Waals surface area (Å²) in [5.41, 5.74) is 2.78. The van der Waals surface area contributed by atoms with Crippen LogP contribution in [0.25, 0.3) is 0 Å². The summed E-state index contributed by atoms with van der Waals surface area (Å²) in [4.78, 5) is 11.2. The fourth-order valence-electron chi connectivity index (χ4n) is 2.92. The summed E-state index contributed by atoms with van der Waals surface area (Å²) >= 11 is 0. The van der Waals surface area contributed by atoms with Crippen molar-refractivity contribution in [2.45, 2.75) is 37.6 Å². The molecular formula is C13H15NO. The highest BCUT2D eigenvalue weighted by atomic mass is 16.2. The molecule has 1 aliphatic heterocycles. The van der Waals surface area contributed by atoms with Gasteiger partial charge < -0.3 is 5.32 Å². The van der Waals surface area contributed by atoms with E-state index in [0.717, 1.165) is 12.8 Å². The van der Waals surface area contributed by atoms with Gasteiger partial charge in [0.05, 0.1) is 12.0 Å². The van der Waals surface area contributed by atoms with Crippen molar-refractivity contribution in [2.24, 2.45) is 0 Å². The van der Waals surface area contributed by atoms with E-state index in [1.807, 2.05) is 0 Å². The molecule has 0 saturated carbocycles. The van der Waals surface area contributed by atoms with Crippen LogP contribution in [0.3, 0.4) is 0 Å². The maximum atomic E-state index is 11.2. The predicted molar refractivity (Wildman–Crippen MR) is 58.4 cm³/mol. The second-order valence-corrected chi connectivity index (χ2v) is 4.67. The van der Waals surface area contributed by atoms with Crippen molar-refractivity contribution in [1.29, 1.82) is 0 Å². The third kappa shape index (κ3) is 1.28. The monoisotopic (exact) mass is 201 g/mol. The minimum Gasteiger partial charge on any atom is -0.346 e. The van der Waals surface area contributed by atoms with E-state index >= 15 is 0 Å². The van der Waals surface area contributed by atoms with Crippen molar-refractivity contribution in [3.8, 4) is 0 Å². The van der Waals surface area contributed by atoms with Gasteiger partial charge in [0.25, 0.3) is 0 Å². The average Bonchev–Trinajstić information content (AvgIpc) is 2.39. The summed E-state index contributed by atoms with van der Waals surface area (Å²) in [6.45, 7) is 0. The minimum absolute atomic E-state index is 0.00975. The zero-order chi connectivity index (χ0) is 10.3. The van der Waals surface area contributed by atoms with Gasteiger partial charge in [-0.1, -0.05) is 30.7 Å². The largest absolute Gasteiger partial charge is 0.346 e. The van der Waals surface area contributed by atoms with Crippen LogP contribution in [0.5, 0.6) is 0 Å². The van der Waals surface area contributed by atoms with Crippen molar-refractivity contribution >= 4 is 5.91 Å². The van der Waals surface area contributed by atoms with Gasteiger partial charge in [0, 0.05) is 0 Å². The van der Waals surface area contributed by atoms with Crippen molar-refractivity contribution in [3.63, 3.8) is 0 Å². The Kier molecular flexibility index (Phi) is 1.84. The Morgan fingerprint density at radius 1 is 1.20 bits per heavy atom. The molecule has 1 aliphatic carbocycles. The first-order chi connectivity index (χ1) is 7.30. The lowest BCUT2D eigenvalue weighted by atomic mass is 9.76. The molecule has 2 nitrogen and oxygen atoms in total. The molecule has 0 radical (unpaired) electrons. The van der Waals surface area contributed by atoms with Crippen LogP contribution >= 0.6 is 0 Å². The Morgan fingerprint density at radius 3 is 2.80 bits per heavy atom. The molecule has 1 saturated heterocycles. The van der Waals surface area contributed by atoms with Crippen molar-refractivity contribution in [3.05, 3.63) is 35.4 Å². The standard InChI is InChI=1S/C13H15NO/c15-12-9-13(14-12)8-4-3-6-10-5-1-2-7-11(10)13/h1-2,5,7H,3-4,6,8-9H2,(H,14,15). The lowest BCUT2D eigenvalue weighted by Crippen LogP contribution is -2.58. The number of hydrogen-bond acceptors (Lipinski definition) is 1. The lowest BCUT2D eigenvalue weighted by molar-refractivity contribution is -0.133. The second kappa shape index (κ2) is 3.09. The molecule has 1 N–H and O–H groups in total. The minimum atomic E-state index is -0.00975. The van der Waals surface area contributed by atoms with Gasteiger partial charge in [0.2, 0.25) is 5.91 Å². The molecular weight excluding hydrogens is 186 g/mol. The maximum absolute atomic E-state index is 11.2. The number of fused-ring (bicyclic) bond motifs is 2. The van der Waals surface area contributed by atoms with Gasteiger partial charge in [-0.25, -0.2) is 0 Å². The van der Waals surface area contributed by atoms with Crippen LogP contribution in [0.2, 0.25) is 0 Å². The Morgan fingerprint density at radius 2 is 2.00 bits per heavy atom. The summed E-state index contributed by atoms with van der Waals surface area (Å²) < 4.78 is 0. The van der Waals surface area contributed by atoms with Gasteiger partial charge >= 0.3 is 0 Å². The first kappa shape index (κ1) is 8.96. The van der Waals surface area contributed by atoms with Crippen molar-refractivity contribution in [1.82, 2.24) is 5.32 Å². The van der Waals surface area contributed by atoms with E-state index in [4.69, 9.17) is 0 Å². The van der Waals surface area contributed by atoms with Crippen molar-refractivity contribution < 1.29 is 4.79 Å². The number of carbonyl (C=O) groups is 1. The molecule has 1 amide bonds. The highest BCUT2D eigenvalue weighted by Gasteiger charge is 2.45. The number of rotatable bonds is 0. The summed E-state index contributed by atoms with van der Waals surface area (Å²) in [5, 5.41) is 3.12. The molecule has 1 unspecified atom stereocenters.